The van der Waals surface area contributed by atoms with Crippen molar-refractivity contribution in [2.45, 2.75) is 82.9 Å². The summed E-state index contributed by atoms with van der Waals surface area (Å²) in [5.41, 5.74) is -6.72. The molecule has 2 nitrogen and oxygen atoms in total. The van der Waals surface area contributed by atoms with Gasteiger partial charge in [0.1, 0.15) is 6.79 Å². The third kappa shape index (κ3) is 4.04. The number of alkyl halides is 9. The lowest BCUT2D eigenvalue weighted by Gasteiger charge is -2.42. The summed E-state index contributed by atoms with van der Waals surface area (Å²) in [7, 11) is 0. The molecule has 198 valence electrons. The molecule has 0 radical (unpaired) electrons. The third-order valence-electron chi connectivity index (χ3n) is 9.79. The smallest absolute Gasteiger partial charge is 0.354 e. The number of fused-ring (bicyclic) bond motifs is 4. The third-order valence-corrected chi connectivity index (χ3v) is 9.79. The molecule has 11 heteroatoms. The molecule has 4 aliphatic carbocycles. The van der Waals surface area contributed by atoms with Gasteiger partial charge in [-0.3, -0.25) is 0 Å². The molecule has 0 aliphatic heterocycles. The summed E-state index contributed by atoms with van der Waals surface area (Å²) in [5.74, 6) is -1.67. The Morgan fingerprint density at radius 2 is 1.47 bits per heavy atom. The zero-order valence-corrected chi connectivity index (χ0v) is 19.1. The van der Waals surface area contributed by atoms with E-state index in [2.05, 4.69) is 4.74 Å². The first-order chi connectivity index (χ1) is 15.5. The highest BCUT2D eigenvalue weighted by atomic mass is 19.4. The van der Waals surface area contributed by atoms with Gasteiger partial charge >= 0.3 is 18.5 Å². The Bertz CT molecular complexity index is 730. The van der Waals surface area contributed by atoms with Gasteiger partial charge in [-0.15, -0.1) is 0 Å². The van der Waals surface area contributed by atoms with Crippen LogP contribution in [0.4, 0.5) is 39.5 Å². The summed E-state index contributed by atoms with van der Waals surface area (Å²) in [6, 6.07) is 0. The first-order valence-electron chi connectivity index (χ1n) is 11.9. The molecule has 0 aromatic heterocycles. The number of ether oxygens (including phenoxy) is 2. The number of hydrogen-bond acceptors (Lipinski definition) is 2. The highest BCUT2D eigenvalue weighted by molar-refractivity contribution is 5.05. The molecule has 0 aromatic rings. The van der Waals surface area contributed by atoms with Crippen LogP contribution in [0, 0.1) is 46.8 Å². The molecular formula is C23H31F9O2. The number of hydrogen-bond donors (Lipinski definition) is 0. The van der Waals surface area contributed by atoms with E-state index in [1.165, 1.54) is 0 Å². The molecule has 0 N–H and O–H groups in total. The first kappa shape index (κ1) is 26.4. The van der Waals surface area contributed by atoms with Crippen molar-refractivity contribution in [3.05, 3.63) is 0 Å². The van der Waals surface area contributed by atoms with Crippen molar-refractivity contribution in [2.75, 3.05) is 13.4 Å². The van der Waals surface area contributed by atoms with Gasteiger partial charge in [-0.2, -0.15) is 39.5 Å². The van der Waals surface area contributed by atoms with E-state index < -0.39 is 61.2 Å². The molecule has 34 heavy (non-hydrogen) atoms. The van der Waals surface area contributed by atoms with Gasteiger partial charge in [0.05, 0.1) is 12.0 Å². The Morgan fingerprint density at radius 1 is 0.824 bits per heavy atom. The van der Waals surface area contributed by atoms with Crippen molar-refractivity contribution in [1.82, 2.24) is 0 Å². The Balaban J connectivity index is 1.48. The van der Waals surface area contributed by atoms with Crippen LogP contribution in [-0.2, 0) is 9.47 Å². The van der Waals surface area contributed by atoms with Crippen molar-refractivity contribution in [1.29, 1.82) is 0 Å². The average Bonchev–Trinajstić information content (AvgIpc) is 3.44. The Labute approximate surface area is 192 Å². The van der Waals surface area contributed by atoms with Crippen LogP contribution in [0.2, 0.25) is 0 Å². The average molecular weight is 510 g/mol. The largest absolute Gasteiger partial charge is 0.426 e. The molecule has 0 aromatic carbocycles. The van der Waals surface area contributed by atoms with E-state index in [0.717, 1.165) is 0 Å². The van der Waals surface area contributed by atoms with Crippen LogP contribution in [0.15, 0.2) is 0 Å². The van der Waals surface area contributed by atoms with E-state index in [0.29, 0.717) is 25.7 Å². The Morgan fingerprint density at radius 3 is 1.91 bits per heavy atom. The highest BCUT2D eigenvalue weighted by Gasteiger charge is 2.73. The van der Waals surface area contributed by atoms with Crippen LogP contribution in [-0.4, -0.2) is 37.5 Å². The fourth-order valence-electron chi connectivity index (χ4n) is 7.73. The second-order valence-corrected chi connectivity index (χ2v) is 11.2. The fourth-order valence-corrected chi connectivity index (χ4v) is 7.73. The standard InChI is InChI=1S/C23H31F9O2/c1-12-13(2)18-7-15(12)6-16(18)9-20(22(27,28)29,23(30,31)32)34-11-33-10-19(21(24,25)26)8-14-3-4-17(19)5-14/h12-18H,3-11H2,1-2H3. The van der Waals surface area contributed by atoms with Crippen LogP contribution < -0.4 is 0 Å². The van der Waals surface area contributed by atoms with Gasteiger partial charge < -0.3 is 9.47 Å². The van der Waals surface area contributed by atoms with Gasteiger partial charge in [0.25, 0.3) is 5.60 Å². The van der Waals surface area contributed by atoms with Crippen molar-refractivity contribution in [3.63, 3.8) is 0 Å². The van der Waals surface area contributed by atoms with Gasteiger partial charge in [-0.1, -0.05) is 20.3 Å². The minimum Gasteiger partial charge on any atom is -0.354 e. The maximum absolute atomic E-state index is 14.0. The molecule has 0 heterocycles. The quantitative estimate of drug-likeness (QED) is 0.200. The predicted molar refractivity (Wildman–Crippen MR) is 103 cm³/mol. The molecule has 8 unspecified atom stereocenters. The van der Waals surface area contributed by atoms with Crippen LogP contribution in [0.3, 0.4) is 0 Å². The minimum absolute atomic E-state index is 0.00333. The number of rotatable bonds is 7. The maximum atomic E-state index is 14.0. The lowest BCUT2D eigenvalue weighted by atomic mass is 9.71. The van der Waals surface area contributed by atoms with E-state index in [9.17, 15) is 39.5 Å². The second-order valence-electron chi connectivity index (χ2n) is 11.2. The van der Waals surface area contributed by atoms with Crippen LogP contribution >= 0.6 is 0 Å². The fraction of sp³-hybridized carbons (Fsp3) is 1.00. The van der Waals surface area contributed by atoms with Crippen molar-refractivity contribution in [2.24, 2.45) is 46.8 Å². The Kier molecular flexibility index (Phi) is 6.52. The highest BCUT2D eigenvalue weighted by Crippen LogP contribution is 2.63. The minimum atomic E-state index is -5.79. The first-order valence-corrected chi connectivity index (χ1v) is 11.9. The van der Waals surface area contributed by atoms with Crippen LogP contribution in [0.1, 0.15) is 58.8 Å². The van der Waals surface area contributed by atoms with Crippen LogP contribution in [0.25, 0.3) is 0 Å². The monoisotopic (exact) mass is 510 g/mol. The summed E-state index contributed by atoms with van der Waals surface area (Å²) >= 11 is 0. The van der Waals surface area contributed by atoms with Gasteiger partial charge in [0, 0.05) is 0 Å². The molecule has 0 spiro atoms. The molecule has 0 saturated heterocycles. The van der Waals surface area contributed by atoms with Crippen LogP contribution in [0.5, 0.6) is 0 Å². The lowest BCUT2D eigenvalue weighted by molar-refractivity contribution is -0.400. The summed E-state index contributed by atoms with van der Waals surface area (Å²) in [4.78, 5) is 0. The molecular weight excluding hydrogens is 479 g/mol. The summed E-state index contributed by atoms with van der Waals surface area (Å²) in [6.07, 6.45) is -15.6. The molecule has 4 aliphatic rings. The SMILES string of the molecule is CC1C2CC(CC(OCOCC3(C(F)(F)F)CC4CCC3C4)(C(F)(F)F)C(F)(F)F)C(C2)C1C. The van der Waals surface area contributed by atoms with E-state index in [1.54, 1.807) is 0 Å². The Hall–Kier alpha value is -0.710. The molecule has 0 amide bonds. The number of halogens is 9. The zero-order valence-electron chi connectivity index (χ0n) is 19.1. The molecule has 4 rings (SSSR count). The zero-order chi connectivity index (χ0) is 25.3. The van der Waals surface area contributed by atoms with Crippen molar-refractivity contribution >= 4 is 0 Å². The van der Waals surface area contributed by atoms with Gasteiger partial charge in [0.15, 0.2) is 0 Å². The lowest BCUT2D eigenvalue weighted by Crippen LogP contribution is -2.60. The summed E-state index contributed by atoms with van der Waals surface area (Å²) in [6.45, 7) is 1.32. The summed E-state index contributed by atoms with van der Waals surface area (Å²) < 4.78 is 135. The van der Waals surface area contributed by atoms with E-state index in [4.69, 9.17) is 4.74 Å². The molecule has 4 fully saturated rings. The van der Waals surface area contributed by atoms with Crippen molar-refractivity contribution in [3.8, 4) is 0 Å². The van der Waals surface area contributed by atoms with Gasteiger partial charge in [0.2, 0.25) is 0 Å². The molecule has 4 bridgehead atoms. The predicted octanol–water partition coefficient (Wildman–Crippen LogP) is 7.53. The van der Waals surface area contributed by atoms with Gasteiger partial charge in [-0.25, -0.2) is 0 Å². The van der Waals surface area contributed by atoms with Gasteiger partial charge in [-0.05, 0) is 80.0 Å². The normalized spacial score (nSPS) is 40.5. The maximum Gasteiger partial charge on any atom is 0.426 e. The van der Waals surface area contributed by atoms with E-state index in [1.807, 2.05) is 13.8 Å². The van der Waals surface area contributed by atoms with E-state index >= 15 is 0 Å². The molecule has 4 saturated carbocycles. The summed E-state index contributed by atoms with van der Waals surface area (Å²) in [5, 5.41) is 0. The second kappa shape index (κ2) is 8.42. The topological polar surface area (TPSA) is 18.5 Å². The van der Waals surface area contributed by atoms with E-state index in [-0.39, 0.29) is 42.4 Å². The molecule has 8 atom stereocenters. The van der Waals surface area contributed by atoms with Crippen molar-refractivity contribution < 1.29 is 49.0 Å².